The Kier molecular flexibility index (Phi) is 7.06. The molecule has 1 aromatic carbocycles. The highest BCUT2D eigenvalue weighted by atomic mass is 32.1. The molecule has 0 radical (unpaired) electrons. The number of benzene rings is 1. The lowest BCUT2D eigenvalue weighted by molar-refractivity contribution is 0.321. The lowest BCUT2D eigenvalue weighted by Gasteiger charge is -2.15. The number of aliphatic imine (C=N–C) groups is 1. The first-order valence-electron chi connectivity index (χ1n) is 8.01. The Morgan fingerprint density at radius 2 is 2.17 bits per heavy atom. The van der Waals surface area contributed by atoms with Gasteiger partial charge in [-0.15, -0.1) is 0 Å². The summed E-state index contributed by atoms with van der Waals surface area (Å²) >= 11 is 1.70. The summed E-state index contributed by atoms with van der Waals surface area (Å²) in [4.78, 5) is 4.20. The SMILES string of the molecule is CCOc1ccc(CNC(=NC)NCC(C)c2ccsc2)cc1F. The first kappa shape index (κ1) is 18.3. The van der Waals surface area contributed by atoms with Gasteiger partial charge in [-0.25, -0.2) is 4.39 Å². The van der Waals surface area contributed by atoms with E-state index in [1.807, 2.05) is 13.0 Å². The number of rotatable bonds is 7. The molecular formula is C18H24FN3OS. The minimum atomic E-state index is -0.342. The molecule has 24 heavy (non-hydrogen) atoms. The van der Waals surface area contributed by atoms with Crippen LogP contribution in [0, 0.1) is 5.82 Å². The summed E-state index contributed by atoms with van der Waals surface area (Å²) in [5, 5.41) is 10.7. The van der Waals surface area contributed by atoms with Gasteiger partial charge < -0.3 is 15.4 Å². The molecule has 2 aromatic rings. The molecule has 2 rings (SSSR count). The molecule has 0 aliphatic rings. The van der Waals surface area contributed by atoms with Crippen LogP contribution in [-0.2, 0) is 6.54 Å². The van der Waals surface area contributed by atoms with Gasteiger partial charge in [-0.05, 0) is 52.9 Å². The van der Waals surface area contributed by atoms with E-state index in [1.165, 1.54) is 11.6 Å². The van der Waals surface area contributed by atoms with Gasteiger partial charge in [0.1, 0.15) is 0 Å². The van der Waals surface area contributed by atoms with E-state index >= 15 is 0 Å². The van der Waals surface area contributed by atoms with Crippen LogP contribution in [0.25, 0.3) is 0 Å². The smallest absolute Gasteiger partial charge is 0.191 e. The van der Waals surface area contributed by atoms with Crippen LogP contribution >= 0.6 is 11.3 Å². The summed E-state index contributed by atoms with van der Waals surface area (Å²) in [5.41, 5.74) is 2.15. The van der Waals surface area contributed by atoms with Crippen LogP contribution in [-0.4, -0.2) is 26.2 Å². The number of hydrogen-bond acceptors (Lipinski definition) is 3. The van der Waals surface area contributed by atoms with E-state index in [2.05, 4.69) is 39.4 Å². The maximum atomic E-state index is 13.9. The summed E-state index contributed by atoms with van der Waals surface area (Å²) in [7, 11) is 1.73. The molecular weight excluding hydrogens is 325 g/mol. The topological polar surface area (TPSA) is 45.6 Å². The molecule has 0 aliphatic carbocycles. The number of ether oxygens (including phenoxy) is 1. The zero-order valence-electron chi connectivity index (χ0n) is 14.3. The molecule has 0 aliphatic heterocycles. The fraction of sp³-hybridized carbons (Fsp3) is 0.389. The lowest BCUT2D eigenvalue weighted by atomic mass is 10.1. The van der Waals surface area contributed by atoms with E-state index in [4.69, 9.17) is 4.74 Å². The van der Waals surface area contributed by atoms with Gasteiger partial charge in [0.15, 0.2) is 17.5 Å². The number of nitrogens with zero attached hydrogens (tertiary/aromatic N) is 1. The normalized spacial score (nSPS) is 12.8. The predicted molar refractivity (Wildman–Crippen MR) is 98.5 cm³/mol. The molecule has 2 N–H and O–H groups in total. The summed E-state index contributed by atoms with van der Waals surface area (Å²) in [6.45, 7) is 5.74. The van der Waals surface area contributed by atoms with E-state index in [1.54, 1.807) is 24.5 Å². The van der Waals surface area contributed by atoms with Gasteiger partial charge in [-0.3, -0.25) is 4.99 Å². The van der Waals surface area contributed by atoms with E-state index in [0.717, 1.165) is 12.1 Å². The van der Waals surface area contributed by atoms with Crippen LogP contribution < -0.4 is 15.4 Å². The molecule has 0 spiro atoms. The number of nitrogens with one attached hydrogen (secondary N) is 2. The maximum Gasteiger partial charge on any atom is 0.191 e. The van der Waals surface area contributed by atoms with Gasteiger partial charge in [0, 0.05) is 20.1 Å². The van der Waals surface area contributed by atoms with Gasteiger partial charge in [0.05, 0.1) is 6.61 Å². The van der Waals surface area contributed by atoms with Crippen LogP contribution in [0.3, 0.4) is 0 Å². The first-order valence-corrected chi connectivity index (χ1v) is 8.96. The Morgan fingerprint density at radius 3 is 2.79 bits per heavy atom. The van der Waals surface area contributed by atoms with Crippen molar-refractivity contribution < 1.29 is 9.13 Å². The van der Waals surface area contributed by atoms with Crippen LogP contribution in [0.5, 0.6) is 5.75 Å². The quantitative estimate of drug-likeness (QED) is 0.591. The lowest BCUT2D eigenvalue weighted by Crippen LogP contribution is -2.38. The fourth-order valence-corrected chi connectivity index (χ4v) is 3.04. The second kappa shape index (κ2) is 9.27. The van der Waals surface area contributed by atoms with Gasteiger partial charge in [0.2, 0.25) is 0 Å². The van der Waals surface area contributed by atoms with E-state index in [-0.39, 0.29) is 11.6 Å². The second-order valence-electron chi connectivity index (χ2n) is 5.46. The molecule has 1 atom stereocenters. The Balaban J connectivity index is 1.84. The van der Waals surface area contributed by atoms with Crippen LogP contribution in [0.4, 0.5) is 4.39 Å². The van der Waals surface area contributed by atoms with Crippen LogP contribution in [0.2, 0.25) is 0 Å². The van der Waals surface area contributed by atoms with Crippen molar-refractivity contribution >= 4 is 17.3 Å². The summed E-state index contributed by atoms with van der Waals surface area (Å²) < 4.78 is 19.1. The van der Waals surface area contributed by atoms with Crippen molar-refractivity contribution in [1.29, 1.82) is 0 Å². The number of guanidine groups is 1. The zero-order valence-corrected chi connectivity index (χ0v) is 15.1. The Morgan fingerprint density at radius 1 is 1.33 bits per heavy atom. The molecule has 0 saturated carbocycles. The molecule has 0 saturated heterocycles. The van der Waals surface area contributed by atoms with Crippen molar-refractivity contribution in [2.24, 2.45) is 4.99 Å². The molecule has 1 heterocycles. The van der Waals surface area contributed by atoms with E-state index < -0.39 is 0 Å². The molecule has 130 valence electrons. The minimum Gasteiger partial charge on any atom is -0.491 e. The number of hydrogen-bond donors (Lipinski definition) is 2. The third kappa shape index (κ3) is 5.23. The fourth-order valence-electron chi connectivity index (χ4n) is 2.26. The molecule has 4 nitrogen and oxygen atoms in total. The third-order valence-corrected chi connectivity index (χ3v) is 4.37. The second-order valence-corrected chi connectivity index (χ2v) is 6.24. The highest BCUT2D eigenvalue weighted by Crippen LogP contribution is 2.18. The van der Waals surface area contributed by atoms with Crippen molar-refractivity contribution in [3.05, 3.63) is 52.0 Å². The number of halogens is 1. The maximum absolute atomic E-state index is 13.9. The highest BCUT2D eigenvalue weighted by Gasteiger charge is 2.08. The molecule has 1 unspecified atom stereocenters. The van der Waals surface area contributed by atoms with E-state index in [0.29, 0.717) is 25.0 Å². The monoisotopic (exact) mass is 349 g/mol. The Hall–Kier alpha value is -2.08. The largest absolute Gasteiger partial charge is 0.491 e. The minimum absolute atomic E-state index is 0.286. The third-order valence-electron chi connectivity index (χ3n) is 3.67. The van der Waals surface area contributed by atoms with E-state index in [9.17, 15) is 4.39 Å². The van der Waals surface area contributed by atoms with Gasteiger partial charge in [-0.2, -0.15) is 11.3 Å². The van der Waals surface area contributed by atoms with Crippen LogP contribution in [0.1, 0.15) is 30.9 Å². The number of thiophene rings is 1. The van der Waals surface area contributed by atoms with Crippen molar-refractivity contribution in [3.63, 3.8) is 0 Å². The Bertz CT molecular complexity index is 658. The van der Waals surface area contributed by atoms with Crippen LogP contribution in [0.15, 0.2) is 40.0 Å². The van der Waals surface area contributed by atoms with Crippen molar-refractivity contribution in [1.82, 2.24) is 10.6 Å². The van der Waals surface area contributed by atoms with Crippen molar-refractivity contribution in [2.75, 3.05) is 20.2 Å². The standard InChI is InChI=1S/C18H24FN3OS/c1-4-23-17-6-5-14(9-16(17)19)11-22-18(20-3)21-10-13(2)15-7-8-24-12-15/h5-9,12-13H,4,10-11H2,1-3H3,(H2,20,21,22). The predicted octanol–water partition coefficient (Wildman–Crippen LogP) is 3.75. The molecule has 0 bridgehead atoms. The molecule has 0 fully saturated rings. The summed E-state index contributed by atoms with van der Waals surface area (Å²) in [6, 6.07) is 7.13. The highest BCUT2D eigenvalue weighted by molar-refractivity contribution is 7.07. The molecule has 0 amide bonds. The summed E-state index contributed by atoms with van der Waals surface area (Å²) in [5.74, 6) is 1.04. The average molecular weight is 349 g/mol. The first-order chi connectivity index (χ1) is 11.6. The zero-order chi connectivity index (χ0) is 17.4. The van der Waals surface area contributed by atoms with Gasteiger partial charge >= 0.3 is 0 Å². The Labute approximate surface area is 146 Å². The van der Waals surface area contributed by atoms with Crippen molar-refractivity contribution in [3.8, 4) is 5.75 Å². The molecule has 1 aromatic heterocycles. The van der Waals surface area contributed by atoms with Gasteiger partial charge in [-0.1, -0.05) is 13.0 Å². The molecule has 6 heteroatoms. The van der Waals surface area contributed by atoms with Crippen molar-refractivity contribution in [2.45, 2.75) is 26.3 Å². The average Bonchev–Trinajstić information content (AvgIpc) is 3.12. The van der Waals surface area contributed by atoms with Gasteiger partial charge in [0.25, 0.3) is 0 Å². The summed E-state index contributed by atoms with van der Waals surface area (Å²) in [6.07, 6.45) is 0.